The van der Waals surface area contributed by atoms with E-state index in [-0.39, 0.29) is 18.6 Å². The van der Waals surface area contributed by atoms with E-state index in [0.29, 0.717) is 6.54 Å². The maximum Gasteiger partial charge on any atom is 0.522 e. The summed E-state index contributed by atoms with van der Waals surface area (Å²) < 4.78 is 38.1. The maximum atomic E-state index is 11.5. The molecule has 14 heavy (non-hydrogen) atoms. The van der Waals surface area contributed by atoms with E-state index in [1.807, 2.05) is 0 Å². The number of alkyl halides is 3. The van der Waals surface area contributed by atoms with E-state index < -0.39 is 6.36 Å². The minimum Gasteiger partial charge on any atom is -0.314 e. The van der Waals surface area contributed by atoms with Crippen LogP contribution in [0.4, 0.5) is 13.2 Å². The second-order valence-corrected chi connectivity index (χ2v) is 4.35. The number of halogens is 3. The average Bonchev–Trinajstić information content (AvgIpc) is 1.92. The molecule has 0 saturated carbocycles. The lowest BCUT2D eigenvalue weighted by molar-refractivity contribution is -0.323. The van der Waals surface area contributed by atoms with E-state index in [4.69, 9.17) is 0 Å². The zero-order chi connectivity index (χ0) is 11.2. The molecule has 1 N–H and O–H groups in total. The van der Waals surface area contributed by atoms with Crippen molar-refractivity contribution in [1.82, 2.24) is 5.32 Å². The van der Waals surface area contributed by atoms with E-state index in [2.05, 4.69) is 30.8 Å². The van der Waals surface area contributed by atoms with Crippen molar-refractivity contribution in [1.29, 1.82) is 0 Å². The van der Waals surface area contributed by atoms with Gasteiger partial charge in [-0.3, -0.25) is 4.74 Å². The van der Waals surface area contributed by atoms with Crippen LogP contribution in [0.5, 0.6) is 0 Å². The Bertz CT molecular complexity index is 133. The van der Waals surface area contributed by atoms with Gasteiger partial charge in [0.05, 0.1) is 6.61 Å². The standard InChI is InChI=1S/C9H18F3NO/c1-8(2,3)4-5-13-6-7-14-9(10,11)12/h13H,4-7H2,1-3H3. The van der Waals surface area contributed by atoms with Crippen molar-refractivity contribution in [3.8, 4) is 0 Å². The van der Waals surface area contributed by atoms with Gasteiger partial charge >= 0.3 is 6.36 Å². The summed E-state index contributed by atoms with van der Waals surface area (Å²) in [6.07, 6.45) is -3.58. The minimum absolute atomic E-state index is 0.206. The SMILES string of the molecule is CC(C)(C)CCNCCOC(F)(F)F. The number of hydrogen-bond donors (Lipinski definition) is 1. The van der Waals surface area contributed by atoms with E-state index in [9.17, 15) is 13.2 Å². The molecule has 0 radical (unpaired) electrons. The van der Waals surface area contributed by atoms with Crippen LogP contribution in [0.15, 0.2) is 0 Å². The summed E-state index contributed by atoms with van der Waals surface area (Å²) in [5.74, 6) is 0. The molecule has 0 aromatic heterocycles. The third kappa shape index (κ3) is 11.7. The molecule has 0 bridgehead atoms. The highest BCUT2D eigenvalue weighted by molar-refractivity contribution is 4.62. The second kappa shape index (κ2) is 5.56. The number of rotatable bonds is 5. The predicted octanol–water partition coefficient (Wildman–Crippen LogP) is 2.55. The van der Waals surface area contributed by atoms with E-state index in [1.165, 1.54) is 0 Å². The Morgan fingerprint density at radius 1 is 1.07 bits per heavy atom. The van der Waals surface area contributed by atoms with Crippen LogP contribution in [0.3, 0.4) is 0 Å². The van der Waals surface area contributed by atoms with Crippen LogP contribution < -0.4 is 5.32 Å². The van der Waals surface area contributed by atoms with Gasteiger partial charge in [-0.05, 0) is 18.4 Å². The molecule has 0 atom stereocenters. The molecule has 0 aliphatic rings. The Morgan fingerprint density at radius 2 is 1.64 bits per heavy atom. The molecular weight excluding hydrogens is 195 g/mol. The highest BCUT2D eigenvalue weighted by Gasteiger charge is 2.28. The quantitative estimate of drug-likeness (QED) is 0.709. The van der Waals surface area contributed by atoms with E-state index >= 15 is 0 Å². The van der Waals surface area contributed by atoms with Crippen molar-refractivity contribution in [2.45, 2.75) is 33.6 Å². The predicted molar refractivity (Wildman–Crippen MR) is 48.9 cm³/mol. The first-order valence-corrected chi connectivity index (χ1v) is 4.62. The molecule has 0 aliphatic heterocycles. The summed E-state index contributed by atoms with van der Waals surface area (Å²) in [6, 6.07) is 0. The summed E-state index contributed by atoms with van der Waals surface area (Å²) in [4.78, 5) is 0. The zero-order valence-corrected chi connectivity index (χ0v) is 8.87. The van der Waals surface area contributed by atoms with Gasteiger partial charge in [-0.25, -0.2) is 0 Å². The number of nitrogens with one attached hydrogen (secondary N) is 1. The maximum absolute atomic E-state index is 11.5. The van der Waals surface area contributed by atoms with Crippen molar-refractivity contribution in [2.24, 2.45) is 5.41 Å². The lowest BCUT2D eigenvalue weighted by Gasteiger charge is -2.18. The molecular formula is C9H18F3NO. The molecule has 0 rings (SSSR count). The Morgan fingerprint density at radius 3 is 2.07 bits per heavy atom. The summed E-state index contributed by atoms with van der Waals surface area (Å²) in [6.45, 7) is 6.87. The smallest absolute Gasteiger partial charge is 0.314 e. The van der Waals surface area contributed by atoms with Crippen LogP contribution in [0.2, 0.25) is 0 Å². The van der Waals surface area contributed by atoms with Gasteiger partial charge in [-0.1, -0.05) is 20.8 Å². The van der Waals surface area contributed by atoms with Crippen molar-refractivity contribution >= 4 is 0 Å². The van der Waals surface area contributed by atoms with Crippen LogP contribution in [-0.4, -0.2) is 26.1 Å². The van der Waals surface area contributed by atoms with Crippen molar-refractivity contribution < 1.29 is 17.9 Å². The van der Waals surface area contributed by atoms with Gasteiger partial charge in [0.25, 0.3) is 0 Å². The Balaban J connectivity index is 3.23. The highest BCUT2D eigenvalue weighted by atomic mass is 19.4. The van der Waals surface area contributed by atoms with E-state index in [0.717, 1.165) is 6.42 Å². The molecule has 0 aromatic rings. The van der Waals surface area contributed by atoms with Crippen LogP contribution in [-0.2, 0) is 4.74 Å². The Labute approximate surface area is 82.8 Å². The lowest BCUT2D eigenvalue weighted by atomic mass is 9.92. The molecule has 2 nitrogen and oxygen atoms in total. The number of ether oxygens (including phenoxy) is 1. The third-order valence-electron chi connectivity index (χ3n) is 1.60. The third-order valence-corrected chi connectivity index (χ3v) is 1.60. The van der Waals surface area contributed by atoms with Gasteiger partial charge in [-0.15, -0.1) is 13.2 Å². The minimum atomic E-state index is -4.51. The Kier molecular flexibility index (Phi) is 5.44. The molecule has 0 unspecified atom stereocenters. The first kappa shape index (κ1) is 13.7. The first-order valence-electron chi connectivity index (χ1n) is 4.62. The van der Waals surface area contributed by atoms with Gasteiger partial charge in [0.15, 0.2) is 0 Å². The number of hydrogen-bond acceptors (Lipinski definition) is 2. The molecule has 0 aliphatic carbocycles. The monoisotopic (exact) mass is 213 g/mol. The highest BCUT2D eigenvalue weighted by Crippen LogP contribution is 2.17. The van der Waals surface area contributed by atoms with Gasteiger partial charge in [-0.2, -0.15) is 0 Å². The largest absolute Gasteiger partial charge is 0.522 e. The molecule has 0 saturated heterocycles. The van der Waals surface area contributed by atoms with Gasteiger partial charge in [0.1, 0.15) is 0 Å². The molecule has 5 heteroatoms. The van der Waals surface area contributed by atoms with Crippen molar-refractivity contribution in [3.63, 3.8) is 0 Å². The molecule has 0 spiro atoms. The molecule has 0 fully saturated rings. The van der Waals surface area contributed by atoms with Gasteiger partial charge in [0.2, 0.25) is 0 Å². The van der Waals surface area contributed by atoms with Crippen LogP contribution in [0.1, 0.15) is 27.2 Å². The summed E-state index contributed by atoms with van der Waals surface area (Å²) in [5.41, 5.74) is 0.206. The molecule has 0 amide bonds. The molecule has 86 valence electrons. The molecule has 0 aromatic carbocycles. The topological polar surface area (TPSA) is 21.3 Å². The lowest BCUT2D eigenvalue weighted by Crippen LogP contribution is -2.26. The van der Waals surface area contributed by atoms with Crippen LogP contribution >= 0.6 is 0 Å². The second-order valence-electron chi connectivity index (χ2n) is 4.35. The summed E-state index contributed by atoms with van der Waals surface area (Å²) >= 11 is 0. The van der Waals surface area contributed by atoms with Crippen LogP contribution in [0.25, 0.3) is 0 Å². The fourth-order valence-corrected chi connectivity index (χ4v) is 0.827. The summed E-state index contributed by atoms with van der Waals surface area (Å²) in [7, 11) is 0. The van der Waals surface area contributed by atoms with Gasteiger partial charge in [0, 0.05) is 6.54 Å². The normalized spacial score (nSPS) is 13.3. The van der Waals surface area contributed by atoms with Crippen molar-refractivity contribution in [3.05, 3.63) is 0 Å². The van der Waals surface area contributed by atoms with Crippen molar-refractivity contribution in [2.75, 3.05) is 19.7 Å². The van der Waals surface area contributed by atoms with Crippen LogP contribution in [0, 0.1) is 5.41 Å². The summed E-state index contributed by atoms with van der Waals surface area (Å²) in [5, 5.41) is 2.89. The molecule has 0 heterocycles. The van der Waals surface area contributed by atoms with E-state index in [1.54, 1.807) is 0 Å². The fraction of sp³-hybridized carbons (Fsp3) is 1.00. The average molecular weight is 213 g/mol. The van der Waals surface area contributed by atoms with Gasteiger partial charge < -0.3 is 5.32 Å². The fourth-order valence-electron chi connectivity index (χ4n) is 0.827. The zero-order valence-electron chi connectivity index (χ0n) is 8.87. The first-order chi connectivity index (χ1) is 6.21. The Hall–Kier alpha value is -0.290.